The molecule has 1 aliphatic heterocycles. The van der Waals surface area contributed by atoms with Gasteiger partial charge in [-0.2, -0.15) is 0 Å². The van der Waals surface area contributed by atoms with E-state index in [2.05, 4.69) is 23.5 Å². The van der Waals surface area contributed by atoms with Crippen LogP contribution in [0.3, 0.4) is 0 Å². The van der Waals surface area contributed by atoms with Crippen LogP contribution in [-0.2, 0) is 23.1 Å². The van der Waals surface area contributed by atoms with Crippen LogP contribution >= 0.6 is 0 Å². The summed E-state index contributed by atoms with van der Waals surface area (Å²) in [6.45, 7) is 5.87. The average molecular weight is 362 g/mol. The molecule has 0 spiro atoms. The van der Waals surface area contributed by atoms with Crippen molar-refractivity contribution in [3.8, 4) is 0 Å². The quantitative estimate of drug-likeness (QED) is 0.840. The molecule has 0 saturated carbocycles. The van der Waals surface area contributed by atoms with Gasteiger partial charge in [-0.15, -0.1) is 0 Å². The highest BCUT2D eigenvalue weighted by molar-refractivity contribution is 7.92. The molecule has 1 aliphatic rings. The topological polar surface area (TPSA) is 49.4 Å². The number of anilines is 1. The summed E-state index contributed by atoms with van der Waals surface area (Å²) < 4.78 is 41.6. The van der Waals surface area contributed by atoms with Crippen molar-refractivity contribution in [3.05, 3.63) is 59.4 Å². The standard InChI is InChI=1S/C19H23FN2O2S/c1-3-7-14(2)22-12-15-8-6-10-18(16(15)13-22)21-25(23,24)19-11-5-4-9-17(19)20/h4-6,8-11,14,21H,3,7,12-13H2,1-2H3/t14-/m0/s1. The van der Waals surface area contributed by atoms with Gasteiger partial charge in [-0.1, -0.05) is 37.6 Å². The van der Waals surface area contributed by atoms with Crippen molar-refractivity contribution in [1.29, 1.82) is 0 Å². The Bertz CT molecular complexity index is 867. The van der Waals surface area contributed by atoms with E-state index >= 15 is 0 Å². The minimum Gasteiger partial charge on any atom is -0.292 e. The summed E-state index contributed by atoms with van der Waals surface area (Å²) in [4.78, 5) is 2.01. The second-order valence-corrected chi connectivity index (χ2v) is 8.17. The maximum atomic E-state index is 13.9. The fourth-order valence-electron chi connectivity index (χ4n) is 3.32. The van der Waals surface area contributed by atoms with Crippen LogP contribution in [0.2, 0.25) is 0 Å². The SMILES string of the molecule is CCC[C@H](C)N1Cc2cccc(NS(=O)(=O)c3ccccc3F)c2C1. The fourth-order valence-corrected chi connectivity index (χ4v) is 4.49. The third-order valence-corrected chi connectivity index (χ3v) is 6.11. The number of rotatable bonds is 6. The predicted octanol–water partition coefficient (Wildman–Crippen LogP) is 4.13. The van der Waals surface area contributed by atoms with Gasteiger partial charge in [0.2, 0.25) is 0 Å². The first-order chi connectivity index (χ1) is 11.9. The van der Waals surface area contributed by atoms with E-state index in [1.807, 2.05) is 12.1 Å². The van der Waals surface area contributed by atoms with Crippen molar-refractivity contribution in [1.82, 2.24) is 4.90 Å². The molecule has 0 saturated heterocycles. The number of hydrogen-bond acceptors (Lipinski definition) is 3. The summed E-state index contributed by atoms with van der Waals surface area (Å²) in [5.74, 6) is -0.749. The normalized spacial score (nSPS) is 15.8. The van der Waals surface area contributed by atoms with Crippen molar-refractivity contribution in [2.75, 3.05) is 4.72 Å². The van der Waals surface area contributed by atoms with E-state index in [0.717, 1.165) is 36.6 Å². The van der Waals surface area contributed by atoms with Crippen LogP contribution in [0.1, 0.15) is 37.8 Å². The molecule has 1 atom stereocenters. The minimum atomic E-state index is -3.96. The molecule has 0 fully saturated rings. The van der Waals surface area contributed by atoms with Gasteiger partial charge in [-0.3, -0.25) is 9.62 Å². The van der Waals surface area contributed by atoms with Gasteiger partial charge >= 0.3 is 0 Å². The number of nitrogens with zero attached hydrogens (tertiary/aromatic N) is 1. The first-order valence-corrected chi connectivity index (χ1v) is 10.0. The number of halogens is 1. The third-order valence-electron chi connectivity index (χ3n) is 4.71. The number of fused-ring (bicyclic) bond motifs is 1. The molecule has 0 unspecified atom stereocenters. The van der Waals surface area contributed by atoms with Crippen molar-refractivity contribution < 1.29 is 12.8 Å². The fraction of sp³-hybridized carbons (Fsp3) is 0.368. The Labute approximate surface area is 148 Å². The zero-order valence-corrected chi connectivity index (χ0v) is 15.3. The molecule has 0 amide bonds. The van der Waals surface area contributed by atoms with Gasteiger partial charge in [0, 0.05) is 19.1 Å². The molecule has 0 radical (unpaired) electrons. The second-order valence-electron chi connectivity index (χ2n) is 6.52. The lowest BCUT2D eigenvalue weighted by molar-refractivity contribution is 0.202. The van der Waals surface area contributed by atoms with Crippen LogP contribution in [-0.4, -0.2) is 19.4 Å². The lowest BCUT2D eigenvalue weighted by atomic mass is 10.1. The molecule has 25 heavy (non-hydrogen) atoms. The molecule has 4 nitrogen and oxygen atoms in total. The van der Waals surface area contributed by atoms with Gasteiger partial charge in [0.05, 0.1) is 5.69 Å². The van der Waals surface area contributed by atoms with E-state index in [1.165, 1.54) is 18.2 Å². The molecule has 6 heteroatoms. The molecule has 0 bridgehead atoms. The van der Waals surface area contributed by atoms with Crippen molar-refractivity contribution in [2.45, 2.75) is 50.7 Å². The van der Waals surface area contributed by atoms with E-state index in [1.54, 1.807) is 6.07 Å². The molecule has 1 heterocycles. The number of benzene rings is 2. The molecular formula is C19H23FN2O2S. The molecule has 0 aromatic heterocycles. The lowest BCUT2D eigenvalue weighted by Crippen LogP contribution is -2.27. The maximum absolute atomic E-state index is 13.9. The Morgan fingerprint density at radius 3 is 2.64 bits per heavy atom. The van der Waals surface area contributed by atoms with Crippen LogP contribution in [0.5, 0.6) is 0 Å². The van der Waals surface area contributed by atoms with Crippen molar-refractivity contribution >= 4 is 15.7 Å². The van der Waals surface area contributed by atoms with E-state index in [4.69, 9.17) is 0 Å². The average Bonchev–Trinajstić information content (AvgIpc) is 3.00. The highest BCUT2D eigenvalue weighted by Gasteiger charge is 2.27. The largest absolute Gasteiger partial charge is 0.292 e. The molecular weight excluding hydrogens is 339 g/mol. The molecule has 0 aliphatic carbocycles. The van der Waals surface area contributed by atoms with Gasteiger partial charge in [0.1, 0.15) is 10.7 Å². The summed E-state index contributed by atoms with van der Waals surface area (Å²) in [6.07, 6.45) is 2.21. The summed E-state index contributed by atoms with van der Waals surface area (Å²) in [5, 5.41) is 0. The third kappa shape index (κ3) is 3.70. The first-order valence-electron chi connectivity index (χ1n) is 8.54. The van der Waals surface area contributed by atoms with E-state index in [9.17, 15) is 12.8 Å². The Hall–Kier alpha value is -1.92. The summed E-state index contributed by atoms with van der Waals surface area (Å²) >= 11 is 0. The van der Waals surface area contributed by atoms with Crippen LogP contribution in [0.25, 0.3) is 0 Å². The molecule has 3 rings (SSSR count). The molecule has 2 aromatic rings. The van der Waals surface area contributed by atoms with Gasteiger partial charge in [-0.25, -0.2) is 12.8 Å². The number of nitrogens with one attached hydrogen (secondary N) is 1. The Morgan fingerprint density at radius 2 is 1.92 bits per heavy atom. The molecule has 2 aromatic carbocycles. The van der Waals surface area contributed by atoms with Crippen LogP contribution in [0.15, 0.2) is 47.4 Å². The van der Waals surface area contributed by atoms with E-state index < -0.39 is 15.8 Å². The smallest absolute Gasteiger partial charge is 0.264 e. The zero-order chi connectivity index (χ0) is 18.0. The lowest BCUT2D eigenvalue weighted by Gasteiger charge is -2.23. The van der Waals surface area contributed by atoms with Crippen LogP contribution < -0.4 is 4.72 Å². The van der Waals surface area contributed by atoms with Crippen molar-refractivity contribution in [2.24, 2.45) is 0 Å². The highest BCUT2D eigenvalue weighted by Crippen LogP contribution is 2.32. The Morgan fingerprint density at radius 1 is 1.16 bits per heavy atom. The number of hydrogen-bond donors (Lipinski definition) is 1. The Kier molecular flexibility index (Phi) is 5.11. The summed E-state index contributed by atoms with van der Waals surface area (Å²) in [6, 6.07) is 11.5. The van der Waals surface area contributed by atoms with Crippen LogP contribution in [0.4, 0.5) is 10.1 Å². The molecule has 1 N–H and O–H groups in total. The van der Waals surface area contributed by atoms with Crippen LogP contribution in [0, 0.1) is 5.82 Å². The first kappa shape index (κ1) is 17.9. The maximum Gasteiger partial charge on any atom is 0.264 e. The highest BCUT2D eigenvalue weighted by atomic mass is 32.2. The van der Waals surface area contributed by atoms with Gasteiger partial charge in [0.25, 0.3) is 10.0 Å². The monoisotopic (exact) mass is 362 g/mol. The van der Waals surface area contributed by atoms with Gasteiger partial charge in [-0.05, 0) is 42.7 Å². The van der Waals surface area contributed by atoms with Gasteiger partial charge < -0.3 is 0 Å². The summed E-state index contributed by atoms with van der Waals surface area (Å²) in [5.41, 5.74) is 2.63. The zero-order valence-electron chi connectivity index (χ0n) is 14.5. The van der Waals surface area contributed by atoms with E-state index in [0.29, 0.717) is 18.3 Å². The minimum absolute atomic E-state index is 0.332. The molecule has 134 valence electrons. The number of sulfonamides is 1. The van der Waals surface area contributed by atoms with Crippen molar-refractivity contribution in [3.63, 3.8) is 0 Å². The second kappa shape index (κ2) is 7.14. The summed E-state index contributed by atoms with van der Waals surface area (Å²) in [7, 11) is -3.96. The van der Waals surface area contributed by atoms with E-state index in [-0.39, 0.29) is 4.90 Å². The predicted molar refractivity (Wildman–Crippen MR) is 97.3 cm³/mol. The Balaban J connectivity index is 1.87. The van der Waals surface area contributed by atoms with Gasteiger partial charge in [0.15, 0.2) is 0 Å².